The lowest BCUT2D eigenvalue weighted by molar-refractivity contribution is 0.215. The molecule has 138 valence electrons. The van der Waals surface area contributed by atoms with Gasteiger partial charge in [0.15, 0.2) is 11.5 Å². The highest BCUT2D eigenvalue weighted by atomic mass is 16.5. The number of phenols is 1. The Morgan fingerprint density at radius 2 is 1.76 bits per heavy atom. The van der Waals surface area contributed by atoms with Crippen molar-refractivity contribution in [2.45, 2.75) is 64.0 Å². The van der Waals surface area contributed by atoms with Crippen LogP contribution >= 0.6 is 0 Å². The number of ether oxygens (including phenoxy) is 1. The summed E-state index contributed by atoms with van der Waals surface area (Å²) in [5.41, 5.74) is 0.853. The molecule has 2 aliphatic rings. The van der Waals surface area contributed by atoms with E-state index in [1.165, 1.54) is 58.5 Å². The van der Waals surface area contributed by atoms with Gasteiger partial charge in [-0.25, -0.2) is 4.79 Å². The van der Waals surface area contributed by atoms with Gasteiger partial charge in [-0.15, -0.1) is 0 Å². The second-order valence-corrected chi connectivity index (χ2v) is 7.45. The fourth-order valence-corrected chi connectivity index (χ4v) is 4.48. The highest BCUT2D eigenvalue weighted by molar-refractivity contribution is 5.74. The summed E-state index contributed by atoms with van der Waals surface area (Å²) < 4.78 is 5.04. The van der Waals surface area contributed by atoms with Crippen LogP contribution in [0.4, 0.5) is 4.79 Å². The Morgan fingerprint density at radius 3 is 2.28 bits per heavy atom. The molecular formula is C20H30N2O3. The second-order valence-electron chi connectivity index (χ2n) is 7.45. The zero-order chi connectivity index (χ0) is 17.6. The van der Waals surface area contributed by atoms with E-state index in [1.807, 2.05) is 6.07 Å². The molecule has 0 atom stereocenters. The van der Waals surface area contributed by atoms with E-state index in [0.29, 0.717) is 30.2 Å². The van der Waals surface area contributed by atoms with Gasteiger partial charge in [0, 0.05) is 12.6 Å². The number of hydrogen-bond acceptors (Lipinski definition) is 3. The molecule has 0 bridgehead atoms. The van der Waals surface area contributed by atoms with Crippen molar-refractivity contribution in [1.82, 2.24) is 10.6 Å². The molecule has 0 unspecified atom stereocenters. The summed E-state index contributed by atoms with van der Waals surface area (Å²) in [7, 11) is 1.52. The fourth-order valence-electron chi connectivity index (χ4n) is 4.48. The number of carbonyl (C=O) groups is 1. The number of carbonyl (C=O) groups excluding carboxylic acids is 1. The first-order chi connectivity index (χ1) is 12.2. The highest BCUT2D eigenvalue weighted by Crippen LogP contribution is 2.37. The first kappa shape index (κ1) is 17.9. The van der Waals surface area contributed by atoms with Crippen molar-refractivity contribution in [3.05, 3.63) is 23.8 Å². The Bertz CT molecular complexity index is 562. The Labute approximate surface area is 150 Å². The normalized spacial score (nSPS) is 18.6. The molecule has 0 aliphatic heterocycles. The van der Waals surface area contributed by atoms with Gasteiger partial charge in [0.25, 0.3) is 0 Å². The first-order valence-corrected chi connectivity index (χ1v) is 9.57. The van der Waals surface area contributed by atoms with Crippen LogP contribution in [0.1, 0.15) is 56.9 Å². The molecule has 2 fully saturated rings. The average molecular weight is 346 g/mol. The van der Waals surface area contributed by atoms with Crippen LogP contribution in [0.2, 0.25) is 0 Å². The molecule has 0 aromatic heterocycles. The summed E-state index contributed by atoms with van der Waals surface area (Å²) in [6.07, 6.45) is 10.2. The van der Waals surface area contributed by atoms with Gasteiger partial charge in [-0.05, 0) is 55.2 Å². The number of rotatable bonds is 6. The molecular weight excluding hydrogens is 316 g/mol. The fraction of sp³-hybridized carbons (Fsp3) is 0.650. The van der Waals surface area contributed by atoms with Crippen molar-refractivity contribution >= 4 is 6.03 Å². The van der Waals surface area contributed by atoms with Gasteiger partial charge >= 0.3 is 6.03 Å². The third-order valence-corrected chi connectivity index (χ3v) is 5.81. The van der Waals surface area contributed by atoms with Crippen LogP contribution in [-0.4, -0.2) is 24.3 Å². The highest BCUT2D eigenvalue weighted by Gasteiger charge is 2.34. The zero-order valence-corrected chi connectivity index (χ0v) is 15.1. The predicted molar refractivity (Wildman–Crippen MR) is 97.7 cm³/mol. The van der Waals surface area contributed by atoms with E-state index in [0.717, 1.165) is 5.56 Å². The van der Waals surface area contributed by atoms with E-state index in [-0.39, 0.29) is 11.8 Å². The lowest BCUT2D eigenvalue weighted by atomic mass is 9.86. The van der Waals surface area contributed by atoms with Crippen molar-refractivity contribution < 1.29 is 14.6 Å². The lowest BCUT2D eigenvalue weighted by Crippen LogP contribution is -2.48. The standard InChI is InChI=1S/C20H30N2O3/c1-25-18-11-10-14(12-17(18)23)13-21-20(24)22-19(15-6-2-3-7-15)16-8-4-5-9-16/h10-12,15-16,19,23H,2-9,13H2,1H3,(H2,21,22,24). The van der Waals surface area contributed by atoms with Crippen molar-refractivity contribution in [2.75, 3.05) is 7.11 Å². The molecule has 3 rings (SSSR count). The van der Waals surface area contributed by atoms with E-state index < -0.39 is 0 Å². The molecule has 3 N–H and O–H groups in total. The van der Waals surface area contributed by atoms with Crippen molar-refractivity contribution in [3.8, 4) is 11.5 Å². The van der Waals surface area contributed by atoms with Gasteiger partial charge in [0.1, 0.15) is 0 Å². The summed E-state index contributed by atoms with van der Waals surface area (Å²) in [6.45, 7) is 0.394. The zero-order valence-electron chi connectivity index (χ0n) is 15.1. The SMILES string of the molecule is COc1ccc(CNC(=O)NC(C2CCCC2)C2CCCC2)cc1O. The Kier molecular flexibility index (Phi) is 6.05. The molecule has 1 aromatic carbocycles. The summed E-state index contributed by atoms with van der Waals surface area (Å²) >= 11 is 0. The third-order valence-electron chi connectivity index (χ3n) is 5.81. The maximum atomic E-state index is 12.4. The minimum absolute atomic E-state index is 0.0944. The molecule has 2 amide bonds. The molecule has 2 saturated carbocycles. The number of benzene rings is 1. The first-order valence-electron chi connectivity index (χ1n) is 9.57. The lowest BCUT2D eigenvalue weighted by Gasteiger charge is -2.30. The number of nitrogens with one attached hydrogen (secondary N) is 2. The molecule has 5 heteroatoms. The van der Waals surface area contributed by atoms with E-state index in [4.69, 9.17) is 4.74 Å². The number of aromatic hydroxyl groups is 1. The number of hydrogen-bond donors (Lipinski definition) is 3. The monoisotopic (exact) mass is 346 g/mol. The quantitative estimate of drug-likeness (QED) is 0.730. The summed E-state index contributed by atoms with van der Waals surface area (Å²) in [5, 5.41) is 16.0. The van der Waals surface area contributed by atoms with Crippen LogP contribution in [0.15, 0.2) is 18.2 Å². The number of amides is 2. The Morgan fingerprint density at radius 1 is 1.16 bits per heavy atom. The average Bonchev–Trinajstić information content (AvgIpc) is 3.31. The summed E-state index contributed by atoms with van der Waals surface area (Å²) in [4.78, 5) is 12.4. The van der Waals surface area contributed by atoms with Crippen LogP contribution in [0, 0.1) is 11.8 Å². The Hall–Kier alpha value is -1.91. The summed E-state index contributed by atoms with van der Waals surface area (Å²) in [5.74, 6) is 1.81. The van der Waals surface area contributed by atoms with E-state index in [2.05, 4.69) is 10.6 Å². The molecule has 1 aromatic rings. The van der Waals surface area contributed by atoms with Crippen LogP contribution in [0.3, 0.4) is 0 Å². The van der Waals surface area contributed by atoms with Gasteiger partial charge in [-0.2, -0.15) is 0 Å². The maximum Gasteiger partial charge on any atom is 0.315 e. The predicted octanol–water partition coefficient (Wildman–Crippen LogP) is 3.95. The van der Waals surface area contributed by atoms with Gasteiger partial charge in [0.2, 0.25) is 0 Å². The molecule has 0 radical (unpaired) electrons. The van der Waals surface area contributed by atoms with Gasteiger partial charge in [-0.3, -0.25) is 0 Å². The molecule has 0 heterocycles. The number of phenolic OH excluding ortho intramolecular Hbond substituents is 1. The molecule has 5 nitrogen and oxygen atoms in total. The van der Waals surface area contributed by atoms with Crippen LogP contribution in [0.5, 0.6) is 11.5 Å². The maximum absolute atomic E-state index is 12.4. The summed E-state index contributed by atoms with van der Waals surface area (Å²) in [6, 6.07) is 5.41. The minimum Gasteiger partial charge on any atom is -0.504 e. The molecule has 0 saturated heterocycles. The van der Waals surface area contributed by atoms with Crippen molar-refractivity contribution in [3.63, 3.8) is 0 Å². The number of methoxy groups -OCH3 is 1. The largest absolute Gasteiger partial charge is 0.504 e. The van der Waals surface area contributed by atoms with E-state index in [9.17, 15) is 9.90 Å². The third kappa shape index (κ3) is 4.59. The van der Waals surface area contributed by atoms with E-state index in [1.54, 1.807) is 12.1 Å². The minimum atomic E-state index is -0.0980. The molecule has 2 aliphatic carbocycles. The van der Waals surface area contributed by atoms with Gasteiger partial charge in [0.05, 0.1) is 7.11 Å². The van der Waals surface area contributed by atoms with Crippen LogP contribution in [0.25, 0.3) is 0 Å². The van der Waals surface area contributed by atoms with Crippen LogP contribution in [-0.2, 0) is 6.54 Å². The van der Waals surface area contributed by atoms with Gasteiger partial charge in [-0.1, -0.05) is 31.7 Å². The van der Waals surface area contributed by atoms with Gasteiger partial charge < -0.3 is 20.5 Å². The van der Waals surface area contributed by atoms with E-state index >= 15 is 0 Å². The van der Waals surface area contributed by atoms with Crippen LogP contribution < -0.4 is 15.4 Å². The number of urea groups is 1. The Balaban J connectivity index is 1.55. The second kappa shape index (κ2) is 8.45. The van der Waals surface area contributed by atoms with Crippen molar-refractivity contribution in [2.24, 2.45) is 11.8 Å². The van der Waals surface area contributed by atoms with Crippen molar-refractivity contribution in [1.29, 1.82) is 0 Å². The molecule has 0 spiro atoms. The smallest absolute Gasteiger partial charge is 0.315 e. The molecule has 25 heavy (non-hydrogen) atoms. The topological polar surface area (TPSA) is 70.6 Å².